The summed E-state index contributed by atoms with van der Waals surface area (Å²) in [4.78, 5) is 60.0. The quantitative estimate of drug-likeness (QED) is 0.0831. The highest BCUT2D eigenvalue weighted by atomic mass is 32.2. The van der Waals surface area contributed by atoms with Crippen LogP contribution in [-0.4, -0.2) is 88.0 Å². The summed E-state index contributed by atoms with van der Waals surface area (Å²) in [6.45, 7) is 2.89. The maximum absolute atomic E-state index is 12.6. The van der Waals surface area contributed by atoms with E-state index in [0.717, 1.165) is 18.2 Å². The second-order valence-corrected chi connectivity index (χ2v) is 11.2. The Labute approximate surface area is 245 Å². The third kappa shape index (κ3) is 7.99. The first-order chi connectivity index (χ1) is 20.0. The van der Waals surface area contributed by atoms with E-state index < -0.39 is 71.9 Å². The van der Waals surface area contributed by atoms with Crippen molar-refractivity contribution < 1.29 is 34.4 Å². The van der Waals surface area contributed by atoms with Gasteiger partial charge in [0.15, 0.2) is 0 Å². The zero-order chi connectivity index (χ0) is 30.9. The molecule has 1 saturated heterocycles. The van der Waals surface area contributed by atoms with Crippen LogP contribution in [0.3, 0.4) is 0 Å². The minimum atomic E-state index is -2.36. The summed E-state index contributed by atoms with van der Waals surface area (Å²) in [5.74, 6) is -2.81. The molecule has 1 unspecified atom stereocenters. The predicted octanol–water partition coefficient (Wildman–Crippen LogP) is -0.168. The fourth-order valence-electron chi connectivity index (χ4n) is 4.62. The molecule has 2 amide bonds. The number of aliphatic hydroxyl groups is 3. The molecule has 0 bridgehead atoms. The summed E-state index contributed by atoms with van der Waals surface area (Å²) in [7, 11) is 0. The number of hydrogen-bond acceptors (Lipinski definition) is 13. The van der Waals surface area contributed by atoms with E-state index in [9.17, 15) is 39.4 Å². The molecule has 1 aliphatic heterocycles. The molecule has 3 rings (SSSR count). The smallest absolute Gasteiger partial charge is 0.345 e. The molecule has 0 aromatic heterocycles. The van der Waals surface area contributed by atoms with Crippen molar-refractivity contribution in [3.8, 4) is 0 Å². The number of aliphatic hydroxyl groups excluding tert-OH is 3. The monoisotopic (exact) mass is 608 g/mol. The van der Waals surface area contributed by atoms with Crippen molar-refractivity contribution in [2.75, 3.05) is 35.3 Å². The van der Waals surface area contributed by atoms with Crippen molar-refractivity contribution in [2.24, 2.45) is 5.18 Å². The molecular formula is C27H36N4O10S. The van der Waals surface area contributed by atoms with Crippen LogP contribution in [0.1, 0.15) is 32.3 Å². The van der Waals surface area contributed by atoms with Crippen LogP contribution in [0.4, 0.5) is 11.4 Å². The third-order valence-corrected chi connectivity index (χ3v) is 7.75. The molecule has 0 spiro atoms. The van der Waals surface area contributed by atoms with Crippen LogP contribution in [0.15, 0.2) is 45.1 Å². The lowest BCUT2D eigenvalue weighted by Crippen LogP contribution is -2.67. The molecule has 6 N–H and O–H groups in total. The van der Waals surface area contributed by atoms with Gasteiger partial charge >= 0.3 is 5.91 Å². The summed E-state index contributed by atoms with van der Waals surface area (Å²) in [5, 5.41) is 43.1. The normalized spacial score (nSPS) is 23.6. The van der Waals surface area contributed by atoms with Gasteiger partial charge in [-0.1, -0.05) is 37.3 Å². The van der Waals surface area contributed by atoms with E-state index in [1.165, 1.54) is 0 Å². The van der Waals surface area contributed by atoms with Gasteiger partial charge in [-0.25, -0.2) is 0 Å². The van der Waals surface area contributed by atoms with Gasteiger partial charge in [0, 0.05) is 31.6 Å². The van der Waals surface area contributed by atoms with Gasteiger partial charge in [0.05, 0.1) is 24.9 Å². The van der Waals surface area contributed by atoms with E-state index in [0.29, 0.717) is 12.2 Å². The number of carbonyl (C=O) groups excluding carboxylic acids is 2. The van der Waals surface area contributed by atoms with Gasteiger partial charge < -0.3 is 40.7 Å². The van der Waals surface area contributed by atoms with Crippen LogP contribution >= 0.6 is 11.8 Å². The Morgan fingerprint density at radius 2 is 1.83 bits per heavy atom. The van der Waals surface area contributed by atoms with E-state index >= 15 is 0 Å². The Kier molecular flexibility index (Phi) is 12.1. The molecule has 15 heteroatoms. The molecule has 1 fully saturated rings. The van der Waals surface area contributed by atoms with Gasteiger partial charge in [-0.05, 0) is 23.5 Å². The van der Waals surface area contributed by atoms with E-state index in [-0.39, 0.29) is 24.5 Å². The van der Waals surface area contributed by atoms with Crippen molar-refractivity contribution in [2.45, 2.75) is 69.5 Å². The lowest BCUT2D eigenvalue weighted by atomic mass is 9.88. The minimum absolute atomic E-state index is 0.0160. The van der Waals surface area contributed by atoms with Gasteiger partial charge in [-0.15, -0.1) is 4.91 Å². The predicted molar refractivity (Wildman–Crippen MR) is 156 cm³/mol. The maximum Gasteiger partial charge on any atom is 0.345 e. The number of carbonyl (C=O) groups is 2. The molecule has 42 heavy (non-hydrogen) atoms. The molecule has 0 aliphatic carbocycles. The number of anilines is 2. The van der Waals surface area contributed by atoms with E-state index in [1.54, 1.807) is 11.8 Å². The van der Waals surface area contributed by atoms with Gasteiger partial charge in [-0.2, -0.15) is 11.8 Å². The molecule has 0 radical (unpaired) electrons. The zero-order valence-electron chi connectivity index (χ0n) is 23.3. The number of benzene rings is 1. The number of hydrogen-bond donors (Lipinski definition) is 6. The number of amides is 2. The molecule has 230 valence electrons. The average Bonchev–Trinajstić information content (AvgIpc) is 2.98. The summed E-state index contributed by atoms with van der Waals surface area (Å²) >= 11 is 1.62. The number of nitrogens with zero attached hydrogens (tertiary/aromatic N) is 1. The first-order valence-electron chi connectivity index (χ1n) is 13.5. The second kappa shape index (κ2) is 15.3. The average molecular weight is 609 g/mol. The van der Waals surface area contributed by atoms with Crippen LogP contribution in [0, 0.1) is 4.91 Å². The third-order valence-electron chi connectivity index (χ3n) is 6.77. The van der Waals surface area contributed by atoms with Crippen molar-refractivity contribution in [3.05, 3.63) is 61.2 Å². The van der Waals surface area contributed by atoms with Gasteiger partial charge in [0.25, 0.3) is 16.6 Å². The van der Waals surface area contributed by atoms with Crippen molar-refractivity contribution in [1.82, 2.24) is 5.32 Å². The summed E-state index contributed by atoms with van der Waals surface area (Å²) in [5.41, 5.74) is -0.773. The zero-order valence-corrected chi connectivity index (χ0v) is 24.1. The molecule has 0 saturated carbocycles. The minimum Gasteiger partial charge on any atom is -0.391 e. The number of nitroso groups, excluding NO2 is 1. The van der Waals surface area contributed by atoms with Gasteiger partial charge in [-0.3, -0.25) is 19.2 Å². The fraction of sp³-hybridized carbons (Fsp3) is 0.556. The lowest BCUT2D eigenvalue weighted by molar-refractivity contribution is -0.301. The fourth-order valence-corrected chi connectivity index (χ4v) is 5.23. The highest BCUT2D eigenvalue weighted by Crippen LogP contribution is 2.34. The molecule has 1 aliphatic rings. The SMILES string of the molecule is CCSCCCO[C@]1(C(=O)N=O)C[C@H](O)[C@@H](NC(C)=O)[C@H]([C@H](O)C(O)CNc2c(NCc3ccccc3)c(=O)c2=O)O1. The number of nitrogens with one attached hydrogen (secondary N) is 3. The Morgan fingerprint density at radius 3 is 2.45 bits per heavy atom. The van der Waals surface area contributed by atoms with Gasteiger partial charge in [0.1, 0.15) is 23.6 Å². The Morgan fingerprint density at radius 1 is 1.17 bits per heavy atom. The highest BCUT2D eigenvalue weighted by Gasteiger charge is 2.56. The topological polar surface area (TPSA) is 213 Å². The van der Waals surface area contributed by atoms with Gasteiger partial charge in [0.2, 0.25) is 5.91 Å². The summed E-state index contributed by atoms with van der Waals surface area (Å²) in [6, 6.07) is 7.81. The van der Waals surface area contributed by atoms with Crippen LogP contribution in [0.2, 0.25) is 0 Å². The van der Waals surface area contributed by atoms with Crippen LogP contribution < -0.4 is 26.8 Å². The van der Waals surface area contributed by atoms with E-state index in [1.807, 2.05) is 37.3 Å². The molecule has 2 aromatic rings. The first kappa shape index (κ1) is 33.3. The van der Waals surface area contributed by atoms with E-state index in [4.69, 9.17) is 9.47 Å². The Bertz CT molecular complexity index is 1290. The number of rotatable bonds is 16. The summed E-state index contributed by atoms with van der Waals surface area (Å²) in [6.07, 6.45) is -6.87. The standard InChI is InChI=1S/C27H36N4O10S/c1-3-42-11-7-10-40-27(26(38)31-39)12-17(33)19(30-15(2)32)25(41-27)22(35)18(34)14-29-21-20(23(36)24(21)37)28-13-16-8-5-4-6-9-16/h4-6,8-9,17-19,22,25,28-29,33-35H,3,7,10-14H2,1-2H3,(H,30,32)/t17-,18?,19+,22+,25+,27+/m0/s1. The largest absolute Gasteiger partial charge is 0.391 e. The number of ether oxygens (including phenoxy) is 2. The Hall–Kier alpha value is -3.21. The van der Waals surface area contributed by atoms with E-state index in [2.05, 4.69) is 21.1 Å². The molecular weight excluding hydrogens is 572 g/mol. The maximum atomic E-state index is 12.6. The van der Waals surface area contributed by atoms with Crippen LogP contribution in [-0.2, 0) is 25.6 Å². The molecule has 2 aromatic carbocycles. The second-order valence-electron chi connectivity index (χ2n) is 9.81. The van der Waals surface area contributed by atoms with Crippen molar-refractivity contribution in [3.63, 3.8) is 0 Å². The Balaban J connectivity index is 1.75. The lowest BCUT2D eigenvalue weighted by Gasteiger charge is -2.46. The molecule has 6 atom stereocenters. The highest BCUT2D eigenvalue weighted by molar-refractivity contribution is 7.99. The molecule has 1 heterocycles. The molecule has 14 nitrogen and oxygen atoms in total. The van der Waals surface area contributed by atoms with Crippen LogP contribution in [0.25, 0.3) is 0 Å². The summed E-state index contributed by atoms with van der Waals surface area (Å²) < 4.78 is 11.4. The van der Waals surface area contributed by atoms with Crippen molar-refractivity contribution in [1.29, 1.82) is 0 Å². The van der Waals surface area contributed by atoms with Crippen molar-refractivity contribution >= 4 is 35.0 Å². The first-order valence-corrected chi connectivity index (χ1v) is 14.6. The number of thioether (sulfide) groups is 1. The van der Waals surface area contributed by atoms with Crippen LogP contribution in [0.5, 0.6) is 0 Å².